The number of ether oxygens (including phenoxy) is 3. The van der Waals surface area contributed by atoms with Crippen molar-refractivity contribution in [2.75, 3.05) is 20.3 Å². The van der Waals surface area contributed by atoms with Crippen molar-refractivity contribution in [3.8, 4) is 17.4 Å². The lowest BCUT2D eigenvalue weighted by molar-refractivity contribution is 0.284. The number of nitrogens with one attached hydrogen (secondary N) is 1. The van der Waals surface area contributed by atoms with Crippen molar-refractivity contribution >= 4 is 34.8 Å². The molecule has 0 atom stereocenters. The number of aromatic nitrogens is 1. The van der Waals surface area contributed by atoms with Crippen LogP contribution in [-0.2, 0) is 13.2 Å². The van der Waals surface area contributed by atoms with Gasteiger partial charge in [-0.2, -0.15) is 0 Å². The van der Waals surface area contributed by atoms with Crippen molar-refractivity contribution in [1.82, 2.24) is 10.3 Å². The molecule has 0 amide bonds. The third-order valence-electron chi connectivity index (χ3n) is 4.21. The minimum atomic E-state index is 0.178. The van der Waals surface area contributed by atoms with Crippen LogP contribution in [0.1, 0.15) is 11.1 Å². The van der Waals surface area contributed by atoms with E-state index in [1.165, 1.54) is 0 Å². The number of rotatable bonds is 10. The highest BCUT2D eigenvalue weighted by molar-refractivity contribution is 6.36. The lowest BCUT2D eigenvalue weighted by Crippen LogP contribution is -2.20. The molecule has 0 aliphatic rings. The molecule has 1 aromatic heterocycles. The van der Waals surface area contributed by atoms with Crippen LogP contribution in [0.2, 0.25) is 15.1 Å². The van der Waals surface area contributed by atoms with Crippen molar-refractivity contribution < 1.29 is 14.2 Å². The summed E-state index contributed by atoms with van der Waals surface area (Å²) in [6.07, 6.45) is 1.69. The fourth-order valence-electron chi connectivity index (χ4n) is 2.72. The van der Waals surface area contributed by atoms with E-state index in [-0.39, 0.29) is 6.61 Å². The number of benzene rings is 2. The fraction of sp³-hybridized carbons (Fsp3) is 0.227. The predicted molar refractivity (Wildman–Crippen MR) is 120 cm³/mol. The molecular formula is C22H21Cl3N2O3. The van der Waals surface area contributed by atoms with E-state index < -0.39 is 0 Å². The van der Waals surface area contributed by atoms with Crippen LogP contribution in [-0.4, -0.2) is 25.2 Å². The van der Waals surface area contributed by atoms with Gasteiger partial charge in [-0.1, -0.05) is 46.9 Å². The van der Waals surface area contributed by atoms with E-state index in [9.17, 15) is 0 Å². The first-order valence-electron chi connectivity index (χ1n) is 9.25. The zero-order valence-electron chi connectivity index (χ0n) is 16.3. The Morgan fingerprint density at radius 1 is 0.933 bits per heavy atom. The van der Waals surface area contributed by atoms with E-state index in [2.05, 4.69) is 10.3 Å². The van der Waals surface area contributed by atoms with E-state index in [0.29, 0.717) is 57.7 Å². The Morgan fingerprint density at radius 2 is 1.73 bits per heavy atom. The van der Waals surface area contributed by atoms with Crippen molar-refractivity contribution in [3.63, 3.8) is 0 Å². The van der Waals surface area contributed by atoms with Gasteiger partial charge in [0.25, 0.3) is 0 Å². The molecule has 1 N–H and O–H groups in total. The van der Waals surface area contributed by atoms with Gasteiger partial charge < -0.3 is 19.5 Å². The molecule has 0 aliphatic heterocycles. The molecule has 30 heavy (non-hydrogen) atoms. The molecule has 0 saturated heterocycles. The zero-order valence-corrected chi connectivity index (χ0v) is 18.6. The van der Waals surface area contributed by atoms with Crippen molar-refractivity contribution in [2.45, 2.75) is 13.2 Å². The molecule has 2 aromatic carbocycles. The smallest absolute Gasteiger partial charge is 0.213 e. The first kappa shape index (κ1) is 22.5. The molecule has 0 bridgehead atoms. The van der Waals surface area contributed by atoms with E-state index in [0.717, 1.165) is 5.56 Å². The molecule has 0 spiro atoms. The summed E-state index contributed by atoms with van der Waals surface area (Å²) in [4.78, 5) is 4.11. The lowest BCUT2D eigenvalue weighted by atomic mass is 10.2. The first-order valence-corrected chi connectivity index (χ1v) is 10.4. The molecule has 0 unspecified atom stereocenters. The Bertz CT molecular complexity index is 951. The molecule has 3 rings (SSSR count). The lowest BCUT2D eigenvalue weighted by Gasteiger charge is -2.15. The molecule has 3 aromatic rings. The van der Waals surface area contributed by atoms with Crippen molar-refractivity contribution in [1.29, 1.82) is 0 Å². The molecule has 0 radical (unpaired) electrons. The van der Waals surface area contributed by atoms with Crippen LogP contribution in [0.4, 0.5) is 0 Å². The summed E-state index contributed by atoms with van der Waals surface area (Å²) < 4.78 is 16.9. The summed E-state index contributed by atoms with van der Waals surface area (Å²) in [6.45, 7) is 1.93. The van der Waals surface area contributed by atoms with E-state index in [1.807, 2.05) is 30.3 Å². The minimum Gasteiger partial charge on any atom is -0.493 e. The van der Waals surface area contributed by atoms with Gasteiger partial charge in [-0.3, -0.25) is 0 Å². The molecule has 158 valence electrons. The number of hydrogen-bond acceptors (Lipinski definition) is 5. The van der Waals surface area contributed by atoms with Crippen LogP contribution in [0.5, 0.6) is 17.4 Å². The highest BCUT2D eigenvalue weighted by atomic mass is 35.5. The largest absolute Gasteiger partial charge is 0.493 e. The number of pyridine rings is 1. The Labute approximate surface area is 190 Å². The first-order chi connectivity index (χ1) is 14.6. The highest BCUT2D eigenvalue weighted by Crippen LogP contribution is 2.38. The topological polar surface area (TPSA) is 52.6 Å². The summed E-state index contributed by atoms with van der Waals surface area (Å²) in [7, 11) is 1.57. The second kappa shape index (κ2) is 11.3. The van der Waals surface area contributed by atoms with Gasteiger partial charge in [0.05, 0.1) is 12.1 Å². The van der Waals surface area contributed by atoms with Gasteiger partial charge in [-0.15, -0.1) is 0 Å². The standard InChI is InChI=1S/C22H21Cl3N2O3/c1-28-20-12-15(13-26-9-10-29-21-7-2-3-8-27-21)11-19(25)22(20)30-14-16-17(23)5-4-6-18(16)24/h2-8,11-12,26H,9-10,13-14H2,1H3. The maximum atomic E-state index is 6.45. The van der Waals surface area contributed by atoms with Crippen LogP contribution in [0.15, 0.2) is 54.7 Å². The average Bonchev–Trinajstić information content (AvgIpc) is 2.74. The van der Waals surface area contributed by atoms with Gasteiger partial charge in [0.2, 0.25) is 5.88 Å². The van der Waals surface area contributed by atoms with Crippen LogP contribution in [0, 0.1) is 0 Å². The normalized spacial score (nSPS) is 10.7. The van der Waals surface area contributed by atoms with Gasteiger partial charge in [0.15, 0.2) is 11.5 Å². The molecular weight excluding hydrogens is 447 g/mol. The van der Waals surface area contributed by atoms with Gasteiger partial charge >= 0.3 is 0 Å². The number of methoxy groups -OCH3 is 1. The molecule has 0 saturated carbocycles. The second-order valence-electron chi connectivity index (χ2n) is 6.29. The SMILES string of the molecule is COc1cc(CNCCOc2ccccn2)cc(Cl)c1OCc1c(Cl)cccc1Cl. The third kappa shape index (κ3) is 6.16. The van der Waals surface area contributed by atoms with Crippen LogP contribution >= 0.6 is 34.8 Å². The maximum absolute atomic E-state index is 6.45. The number of nitrogens with zero attached hydrogens (tertiary/aromatic N) is 1. The van der Waals surface area contributed by atoms with Gasteiger partial charge in [0.1, 0.15) is 13.2 Å². The molecule has 1 heterocycles. The fourth-order valence-corrected chi connectivity index (χ4v) is 3.52. The van der Waals surface area contributed by atoms with Crippen LogP contribution < -0.4 is 19.5 Å². The second-order valence-corrected chi connectivity index (χ2v) is 7.51. The van der Waals surface area contributed by atoms with Gasteiger partial charge in [-0.25, -0.2) is 4.98 Å². The summed E-state index contributed by atoms with van der Waals surface area (Å²) >= 11 is 18.9. The van der Waals surface area contributed by atoms with E-state index in [4.69, 9.17) is 49.0 Å². The minimum absolute atomic E-state index is 0.178. The molecule has 0 fully saturated rings. The third-order valence-corrected chi connectivity index (χ3v) is 5.20. The monoisotopic (exact) mass is 466 g/mol. The summed E-state index contributed by atoms with van der Waals surface area (Å²) in [5.41, 5.74) is 1.65. The van der Waals surface area contributed by atoms with Crippen LogP contribution in [0.3, 0.4) is 0 Å². The predicted octanol–water partition coefficient (Wildman–Crippen LogP) is 5.80. The van der Waals surface area contributed by atoms with Crippen LogP contribution in [0.25, 0.3) is 0 Å². The van der Waals surface area contributed by atoms with Gasteiger partial charge in [0, 0.05) is 41.0 Å². The van der Waals surface area contributed by atoms with Gasteiger partial charge in [-0.05, 0) is 35.9 Å². The Morgan fingerprint density at radius 3 is 2.43 bits per heavy atom. The summed E-state index contributed by atoms with van der Waals surface area (Å²) in [5.74, 6) is 1.58. The highest BCUT2D eigenvalue weighted by Gasteiger charge is 2.14. The van der Waals surface area contributed by atoms with Crippen molar-refractivity contribution in [2.24, 2.45) is 0 Å². The van der Waals surface area contributed by atoms with E-state index >= 15 is 0 Å². The quantitative estimate of drug-likeness (QED) is 0.382. The Hall–Kier alpha value is -2.18. The van der Waals surface area contributed by atoms with Crippen molar-refractivity contribution in [3.05, 3.63) is 80.9 Å². The summed E-state index contributed by atoms with van der Waals surface area (Å²) in [5, 5.41) is 4.81. The molecule has 0 aliphatic carbocycles. The number of hydrogen-bond donors (Lipinski definition) is 1. The zero-order chi connectivity index (χ0) is 21.3. The average molecular weight is 468 g/mol. The van der Waals surface area contributed by atoms with E-state index in [1.54, 1.807) is 31.5 Å². The maximum Gasteiger partial charge on any atom is 0.213 e. The Kier molecular flexibility index (Phi) is 8.46. The molecule has 5 nitrogen and oxygen atoms in total. The molecule has 8 heteroatoms. The number of halogens is 3. The Balaban J connectivity index is 1.57. The summed E-state index contributed by atoms with van der Waals surface area (Å²) in [6, 6.07) is 14.6.